The number of nitrogens with two attached hydrogens (primary N) is 1. The Morgan fingerprint density at radius 1 is 1.53 bits per heavy atom. The van der Waals surface area contributed by atoms with Crippen LogP contribution in [0.15, 0.2) is 11.0 Å². The summed E-state index contributed by atoms with van der Waals surface area (Å²) in [6, 6.07) is 1.77. The Kier molecular flexibility index (Phi) is 3.58. The molecule has 0 bridgehead atoms. The van der Waals surface area contributed by atoms with E-state index in [1.807, 2.05) is 13.8 Å². The van der Waals surface area contributed by atoms with Gasteiger partial charge in [0, 0.05) is 22.8 Å². The van der Waals surface area contributed by atoms with E-state index in [9.17, 15) is 8.42 Å². The zero-order valence-corrected chi connectivity index (χ0v) is 11.8. The topological polar surface area (TPSA) is 63.4 Å². The van der Waals surface area contributed by atoms with Gasteiger partial charge in [-0.25, -0.2) is 8.42 Å². The Hall–Kier alpha value is -0.430. The van der Waals surface area contributed by atoms with Crippen molar-refractivity contribution in [3.05, 3.63) is 15.8 Å². The van der Waals surface area contributed by atoms with E-state index in [-0.39, 0.29) is 0 Å². The van der Waals surface area contributed by atoms with Gasteiger partial charge >= 0.3 is 0 Å². The smallest absolute Gasteiger partial charge is 0.244 e. The van der Waals surface area contributed by atoms with Gasteiger partial charge in [0.1, 0.15) is 0 Å². The maximum absolute atomic E-state index is 12.4. The predicted octanol–water partition coefficient (Wildman–Crippen LogP) is 1.33. The van der Waals surface area contributed by atoms with E-state index in [1.54, 1.807) is 10.4 Å². The van der Waals surface area contributed by atoms with Gasteiger partial charge in [0.15, 0.2) is 0 Å². The van der Waals surface area contributed by atoms with Crippen LogP contribution in [0, 0.1) is 19.8 Å². The van der Waals surface area contributed by atoms with Gasteiger partial charge in [0.05, 0.1) is 4.90 Å². The van der Waals surface area contributed by atoms with Gasteiger partial charge in [-0.05, 0) is 38.8 Å². The van der Waals surface area contributed by atoms with Gasteiger partial charge < -0.3 is 5.73 Å². The molecule has 4 nitrogen and oxygen atoms in total. The Bertz CT molecular complexity index is 508. The number of hydrogen-bond donors (Lipinski definition) is 1. The molecule has 2 heterocycles. The molecule has 96 valence electrons. The first-order valence-electron chi connectivity index (χ1n) is 5.72. The monoisotopic (exact) mass is 274 g/mol. The fourth-order valence-electron chi connectivity index (χ4n) is 2.21. The lowest BCUT2D eigenvalue weighted by molar-refractivity contribution is 0.459. The number of aryl methyl sites for hydroxylation is 2. The molecular formula is C11H18N2O2S2. The fraction of sp³-hybridized carbons (Fsp3) is 0.636. The molecule has 0 spiro atoms. The highest BCUT2D eigenvalue weighted by Crippen LogP contribution is 2.30. The molecule has 1 aromatic rings. The Morgan fingerprint density at radius 3 is 2.71 bits per heavy atom. The van der Waals surface area contributed by atoms with E-state index in [0.29, 0.717) is 30.4 Å². The van der Waals surface area contributed by atoms with Gasteiger partial charge in [-0.3, -0.25) is 0 Å². The normalized spacial score (nSPS) is 22.2. The van der Waals surface area contributed by atoms with Crippen molar-refractivity contribution in [1.82, 2.24) is 4.31 Å². The lowest BCUT2D eigenvalue weighted by atomic mass is 10.1. The minimum Gasteiger partial charge on any atom is -0.330 e. The van der Waals surface area contributed by atoms with Crippen LogP contribution in [0.4, 0.5) is 0 Å². The SMILES string of the molecule is Cc1cc(S(=O)(=O)N2CCC(CN)C2)c(C)s1. The molecule has 6 heteroatoms. The van der Waals surface area contributed by atoms with Crippen LogP contribution in [-0.4, -0.2) is 32.4 Å². The zero-order valence-electron chi connectivity index (χ0n) is 10.1. The van der Waals surface area contributed by atoms with Gasteiger partial charge in [-0.1, -0.05) is 0 Å². The quantitative estimate of drug-likeness (QED) is 0.904. The minimum absolute atomic E-state index is 0.310. The molecular weight excluding hydrogens is 256 g/mol. The third-order valence-electron chi connectivity index (χ3n) is 3.20. The molecule has 0 aliphatic carbocycles. The van der Waals surface area contributed by atoms with Crippen molar-refractivity contribution in [2.45, 2.75) is 25.2 Å². The van der Waals surface area contributed by atoms with Gasteiger partial charge in [0.2, 0.25) is 10.0 Å². The molecule has 17 heavy (non-hydrogen) atoms. The first kappa shape index (κ1) is 13.0. The van der Waals surface area contributed by atoms with Crippen LogP contribution in [0.2, 0.25) is 0 Å². The maximum Gasteiger partial charge on any atom is 0.244 e. The summed E-state index contributed by atoms with van der Waals surface area (Å²) in [5.41, 5.74) is 5.59. The lowest BCUT2D eigenvalue weighted by Crippen LogP contribution is -2.30. The van der Waals surface area contributed by atoms with Crippen LogP contribution in [0.5, 0.6) is 0 Å². The summed E-state index contributed by atoms with van der Waals surface area (Å²) >= 11 is 1.53. The molecule has 0 saturated carbocycles. The van der Waals surface area contributed by atoms with Crippen LogP contribution in [-0.2, 0) is 10.0 Å². The van der Waals surface area contributed by atoms with Crippen LogP contribution >= 0.6 is 11.3 Å². The van der Waals surface area contributed by atoms with Crippen molar-refractivity contribution in [3.8, 4) is 0 Å². The molecule has 1 atom stereocenters. The number of nitrogens with zero attached hydrogens (tertiary/aromatic N) is 1. The second-order valence-corrected chi connectivity index (χ2v) is 7.90. The first-order valence-corrected chi connectivity index (χ1v) is 7.98. The third-order valence-corrected chi connectivity index (χ3v) is 6.28. The highest BCUT2D eigenvalue weighted by Gasteiger charge is 2.33. The van der Waals surface area contributed by atoms with Crippen LogP contribution < -0.4 is 5.73 Å². The summed E-state index contributed by atoms with van der Waals surface area (Å²) in [6.07, 6.45) is 0.873. The van der Waals surface area contributed by atoms with Crippen molar-refractivity contribution >= 4 is 21.4 Å². The average molecular weight is 274 g/mol. The molecule has 2 rings (SSSR count). The van der Waals surface area contributed by atoms with Crippen molar-refractivity contribution in [2.24, 2.45) is 11.7 Å². The minimum atomic E-state index is -3.30. The predicted molar refractivity (Wildman–Crippen MR) is 69.7 cm³/mol. The van der Waals surface area contributed by atoms with Crippen molar-refractivity contribution < 1.29 is 8.42 Å². The van der Waals surface area contributed by atoms with Gasteiger partial charge in [0.25, 0.3) is 0 Å². The Morgan fingerprint density at radius 2 is 2.24 bits per heavy atom. The van der Waals surface area contributed by atoms with Crippen LogP contribution in [0.25, 0.3) is 0 Å². The highest BCUT2D eigenvalue weighted by atomic mass is 32.2. The standard InChI is InChI=1S/C11H18N2O2S2/c1-8-5-11(9(2)16-8)17(14,15)13-4-3-10(6-12)7-13/h5,10H,3-4,6-7,12H2,1-2H3. The lowest BCUT2D eigenvalue weighted by Gasteiger charge is -2.16. The van der Waals surface area contributed by atoms with Crippen molar-refractivity contribution in [1.29, 1.82) is 0 Å². The first-order chi connectivity index (χ1) is 7.95. The number of rotatable bonds is 3. The molecule has 0 radical (unpaired) electrons. The molecule has 1 fully saturated rings. The number of thiophene rings is 1. The fourth-order valence-corrected chi connectivity index (χ4v) is 5.27. The largest absolute Gasteiger partial charge is 0.330 e. The van der Waals surface area contributed by atoms with E-state index in [1.165, 1.54) is 11.3 Å². The summed E-state index contributed by atoms with van der Waals surface area (Å²) < 4.78 is 26.4. The summed E-state index contributed by atoms with van der Waals surface area (Å²) in [5, 5.41) is 0. The molecule has 1 saturated heterocycles. The molecule has 1 unspecified atom stereocenters. The summed E-state index contributed by atoms with van der Waals surface area (Å²) in [5.74, 6) is 0.310. The summed E-state index contributed by atoms with van der Waals surface area (Å²) in [7, 11) is -3.30. The molecule has 1 aliphatic rings. The van der Waals surface area contributed by atoms with Crippen molar-refractivity contribution in [2.75, 3.05) is 19.6 Å². The number of hydrogen-bond acceptors (Lipinski definition) is 4. The second kappa shape index (κ2) is 4.68. The third kappa shape index (κ3) is 2.40. The van der Waals surface area contributed by atoms with Gasteiger partial charge in [-0.2, -0.15) is 4.31 Å². The molecule has 0 aromatic carbocycles. The molecule has 1 aliphatic heterocycles. The average Bonchev–Trinajstić information content (AvgIpc) is 2.85. The maximum atomic E-state index is 12.4. The molecule has 0 amide bonds. The van der Waals surface area contributed by atoms with E-state index in [0.717, 1.165) is 16.2 Å². The van der Waals surface area contributed by atoms with E-state index >= 15 is 0 Å². The highest BCUT2D eigenvalue weighted by molar-refractivity contribution is 7.89. The van der Waals surface area contributed by atoms with Crippen LogP contribution in [0.3, 0.4) is 0 Å². The second-order valence-electron chi connectivity index (χ2n) is 4.53. The van der Waals surface area contributed by atoms with E-state index in [2.05, 4.69) is 0 Å². The van der Waals surface area contributed by atoms with Gasteiger partial charge in [-0.15, -0.1) is 11.3 Å². The van der Waals surface area contributed by atoms with Crippen molar-refractivity contribution in [3.63, 3.8) is 0 Å². The zero-order chi connectivity index (χ0) is 12.6. The van der Waals surface area contributed by atoms with E-state index < -0.39 is 10.0 Å². The Balaban J connectivity index is 2.28. The molecule has 1 aromatic heterocycles. The van der Waals surface area contributed by atoms with E-state index in [4.69, 9.17) is 5.73 Å². The molecule has 2 N–H and O–H groups in total. The summed E-state index contributed by atoms with van der Waals surface area (Å²) in [6.45, 7) is 5.52. The Labute approximate surface area is 106 Å². The summed E-state index contributed by atoms with van der Waals surface area (Å²) in [4.78, 5) is 2.38. The van der Waals surface area contributed by atoms with Crippen LogP contribution in [0.1, 0.15) is 16.2 Å². The number of sulfonamides is 1.